The van der Waals surface area contributed by atoms with E-state index < -0.39 is 17.9 Å². The van der Waals surface area contributed by atoms with Gasteiger partial charge in [-0.25, -0.2) is 14.4 Å². The molecule has 0 aliphatic rings. The topological polar surface area (TPSA) is 89.9 Å². The summed E-state index contributed by atoms with van der Waals surface area (Å²) in [5.41, 5.74) is 0.518. The first kappa shape index (κ1) is 21.8. The van der Waals surface area contributed by atoms with Crippen LogP contribution in [0.5, 0.6) is 0 Å². The van der Waals surface area contributed by atoms with Crippen molar-refractivity contribution in [2.45, 2.75) is 45.4 Å². The van der Waals surface area contributed by atoms with Gasteiger partial charge in [-0.15, -0.1) is 0 Å². The summed E-state index contributed by atoms with van der Waals surface area (Å²) in [5, 5.41) is 8.68. The van der Waals surface area contributed by atoms with E-state index in [1.165, 1.54) is 0 Å². The number of esters is 3. The number of carbonyl (C=O) groups excluding carboxylic acids is 3. The van der Waals surface area contributed by atoms with E-state index in [4.69, 9.17) is 9.84 Å². The number of aliphatic hydroxyl groups is 1. The van der Waals surface area contributed by atoms with E-state index in [-0.39, 0.29) is 36.4 Å². The van der Waals surface area contributed by atoms with Crippen LogP contribution in [-0.4, -0.2) is 36.2 Å². The first-order valence-electron chi connectivity index (χ1n) is 7.91. The lowest BCUT2D eigenvalue weighted by Gasteiger charge is -2.09. The summed E-state index contributed by atoms with van der Waals surface area (Å²) in [7, 11) is 0. The second kappa shape index (κ2) is 12.2. The zero-order valence-electron chi connectivity index (χ0n) is 14.3. The predicted octanol–water partition coefficient (Wildman–Crippen LogP) is 2.62. The van der Waals surface area contributed by atoms with Gasteiger partial charge in [0.25, 0.3) is 0 Å². The monoisotopic (exact) mass is 338 g/mol. The molecular weight excluding hydrogens is 312 g/mol. The normalized spacial score (nSPS) is 9.92. The molecule has 0 aromatic carbocycles. The summed E-state index contributed by atoms with van der Waals surface area (Å²) in [6.45, 7) is 12.5. The third kappa shape index (κ3) is 9.05. The van der Waals surface area contributed by atoms with Crippen molar-refractivity contribution in [2.24, 2.45) is 0 Å². The van der Waals surface area contributed by atoms with Crippen molar-refractivity contribution in [1.29, 1.82) is 0 Å². The van der Waals surface area contributed by atoms with Crippen LogP contribution in [0.1, 0.15) is 45.4 Å². The molecule has 0 amide bonds. The van der Waals surface area contributed by atoms with E-state index in [0.29, 0.717) is 19.3 Å². The Morgan fingerprint density at radius 2 is 1.33 bits per heavy atom. The number of hydrogen-bond acceptors (Lipinski definition) is 6. The van der Waals surface area contributed by atoms with Gasteiger partial charge in [-0.1, -0.05) is 33.1 Å². The minimum atomic E-state index is -0.854. The van der Waals surface area contributed by atoms with Crippen LogP contribution in [0, 0.1) is 0 Å². The molecule has 0 aromatic heterocycles. The molecule has 0 radical (unpaired) electrons. The third-order valence-corrected chi connectivity index (χ3v) is 3.16. The summed E-state index contributed by atoms with van der Waals surface area (Å²) >= 11 is 0. The zero-order valence-corrected chi connectivity index (χ0v) is 14.3. The van der Waals surface area contributed by atoms with Crippen molar-refractivity contribution in [3.05, 3.63) is 36.5 Å². The van der Waals surface area contributed by atoms with Gasteiger partial charge in [0.1, 0.15) is 0 Å². The molecule has 0 saturated heterocycles. The van der Waals surface area contributed by atoms with Gasteiger partial charge in [0.15, 0.2) is 0 Å². The molecule has 0 fully saturated rings. The molecule has 0 aromatic rings. The van der Waals surface area contributed by atoms with Gasteiger partial charge in [-0.05, 0) is 25.7 Å². The Hall–Kier alpha value is -2.21. The quantitative estimate of drug-likeness (QED) is 0.334. The molecule has 6 nitrogen and oxygen atoms in total. The number of ether oxygens (including phenoxy) is 2. The van der Waals surface area contributed by atoms with Crippen LogP contribution in [0.3, 0.4) is 0 Å². The van der Waals surface area contributed by atoms with Crippen LogP contribution >= 0.6 is 0 Å². The first-order valence-corrected chi connectivity index (χ1v) is 7.91. The van der Waals surface area contributed by atoms with Crippen LogP contribution in [0.4, 0.5) is 0 Å². The fourth-order valence-electron chi connectivity index (χ4n) is 1.59. The number of rotatable bonds is 12. The van der Waals surface area contributed by atoms with Crippen molar-refractivity contribution < 1.29 is 29.0 Å². The largest absolute Gasteiger partial charge is 0.462 e. The third-order valence-electron chi connectivity index (χ3n) is 3.16. The molecule has 0 spiro atoms. The molecule has 1 N–H and O–H groups in total. The summed E-state index contributed by atoms with van der Waals surface area (Å²) in [6, 6.07) is 0. The highest BCUT2D eigenvalue weighted by molar-refractivity contribution is 6.01. The van der Waals surface area contributed by atoms with Gasteiger partial charge in [0, 0.05) is 29.7 Å². The number of aliphatic hydroxyl groups excluding tert-OH is 1. The number of carbonyl (C=O) groups is 3. The van der Waals surface area contributed by atoms with Gasteiger partial charge in [-0.2, -0.15) is 0 Å². The molecule has 0 aliphatic carbocycles. The average molecular weight is 338 g/mol. The Bertz CT molecular complexity index is 504. The molecular formula is C18H26O6. The molecule has 0 heterocycles. The van der Waals surface area contributed by atoms with Crippen LogP contribution in [0.2, 0.25) is 0 Å². The smallest absolute Gasteiger partial charge is 0.341 e. The van der Waals surface area contributed by atoms with Crippen LogP contribution in [0.25, 0.3) is 0 Å². The van der Waals surface area contributed by atoms with Crippen molar-refractivity contribution >= 4 is 17.9 Å². The Balaban J connectivity index is 4.13. The fourth-order valence-corrected chi connectivity index (χ4v) is 1.59. The minimum absolute atomic E-state index is 0.0282. The molecule has 0 aliphatic heterocycles. The average Bonchev–Trinajstić information content (AvgIpc) is 2.56. The van der Waals surface area contributed by atoms with Crippen molar-refractivity contribution in [3.63, 3.8) is 0 Å². The molecule has 24 heavy (non-hydrogen) atoms. The summed E-state index contributed by atoms with van der Waals surface area (Å²) in [5.74, 6) is -2.20. The zero-order chi connectivity index (χ0) is 18.5. The molecule has 6 heteroatoms. The van der Waals surface area contributed by atoms with Crippen molar-refractivity contribution in [3.8, 4) is 0 Å². The first-order chi connectivity index (χ1) is 11.3. The molecule has 134 valence electrons. The summed E-state index contributed by atoms with van der Waals surface area (Å²) in [6.07, 6.45) is 2.99. The standard InChI is InChI=1S/C18H26O6/c1-5-6-8-14(3)17(21)24-18(22)15(4)10-12-23-16(20)13(2)9-7-11-19/h19H,2-12H2,1H3. The van der Waals surface area contributed by atoms with Crippen LogP contribution in [-0.2, 0) is 23.9 Å². The Labute approximate surface area is 142 Å². The molecule has 0 bridgehead atoms. The molecule has 0 atom stereocenters. The lowest BCUT2D eigenvalue weighted by molar-refractivity contribution is -0.154. The van der Waals surface area contributed by atoms with E-state index >= 15 is 0 Å². The van der Waals surface area contributed by atoms with E-state index in [0.717, 1.165) is 12.8 Å². The van der Waals surface area contributed by atoms with Gasteiger partial charge < -0.3 is 14.6 Å². The second-order valence-electron chi connectivity index (χ2n) is 5.30. The highest BCUT2D eigenvalue weighted by atomic mass is 16.6. The highest BCUT2D eigenvalue weighted by Gasteiger charge is 2.17. The fraction of sp³-hybridized carbons (Fsp3) is 0.500. The van der Waals surface area contributed by atoms with E-state index in [2.05, 4.69) is 24.5 Å². The van der Waals surface area contributed by atoms with E-state index in [1.54, 1.807) is 0 Å². The van der Waals surface area contributed by atoms with Gasteiger partial charge in [0.2, 0.25) is 0 Å². The number of unbranched alkanes of at least 4 members (excludes halogenated alkanes) is 1. The SMILES string of the molecule is C=C(CCCO)C(=O)OCCC(=C)C(=O)OC(=O)C(=C)CCCC. The van der Waals surface area contributed by atoms with Crippen molar-refractivity contribution in [2.75, 3.05) is 13.2 Å². The van der Waals surface area contributed by atoms with Gasteiger partial charge in [0.05, 0.1) is 6.61 Å². The summed E-state index contributed by atoms with van der Waals surface area (Å²) < 4.78 is 9.60. The Morgan fingerprint density at radius 3 is 1.88 bits per heavy atom. The minimum Gasteiger partial charge on any atom is -0.462 e. The maximum Gasteiger partial charge on any atom is 0.341 e. The molecule has 0 rings (SSSR count). The van der Waals surface area contributed by atoms with E-state index in [1.807, 2.05) is 6.92 Å². The maximum absolute atomic E-state index is 11.7. The predicted molar refractivity (Wildman–Crippen MR) is 89.9 cm³/mol. The van der Waals surface area contributed by atoms with Gasteiger partial charge in [-0.3, -0.25) is 0 Å². The Kier molecular flexibility index (Phi) is 11.1. The van der Waals surface area contributed by atoms with Crippen LogP contribution < -0.4 is 0 Å². The van der Waals surface area contributed by atoms with Gasteiger partial charge >= 0.3 is 17.9 Å². The van der Waals surface area contributed by atoms with Crippen LogP contribution in [0.15, 0.2) is 36.5 Å². The second-order valence-corrected chi connectivity index (χ2v) is 5.30. The molecule has 0 unspecified atom stereocenters. The highest BCUT2D eigenvalue weighted by Crippen LogP contribution is 2.10. The maximum atomic E-state index is 11.7. The lowest BCUT2D eigenvalue weighted by Crippen LogP contribution is -2.17. The molecule has 0 saturated carbocycles. The van der Waals surface area contributed by atoms with E-state index in [9.17, 15) is 14.4 Å². The Morgan fingerprint density at radius 1 is 0.833 bits per heavy atom. The van der Waals surface area contributed by atoms with Crippen molar-refractivity contribution in [1.82, 2.24) is 0 Å². The number of hydrogen-bond donors (Lipinski definition) is 1. The lowest BCUT2D eigenvalue weighted by atomic mass is 10.1. The summed E-state index contributed by atoms with van der Waals surface area (Å²) in [4.78, 5) is 34.9.